The fourth-order valence-electron chi connectivity index (χ4n) is 4.25. The highest BCUT2D eigenvalue weighted by Crippen LogP contribution is 2.33. The smallest absolute Gasteiger partial charge is 0.222 e. The van der Waals surface area contributed by atoms with Gasteiger partial charge < -0.3 is 35.9 Å². The molecule has 206 valence electrons. The summed E-state index contributed by atoms with van der Waals surface area (Å²) in [5.74, 6) is 1.58. The monoisotopic (exact) mass is 523 g/mol. The van der Waals surface area contributed by atoms with Gasteiger partial charge in [-0.15, -0.1) is 0 Å². The van der Waals surface area contributed by atoms with Crippen molar-refractivity contribution in [1.29, 1.82) is 0 Å². The number of hydrogen-bond acceptors (Lipinski definition) is 9. The molecule has 1 aliphatic heterocycles. The number of methoxy groups -OCH3 is 1. The summed E-state index contributed by atoms with van der Waals surface area (Å²) in [5.41, 5.74) is 16.6. The van der Waals surface area contributed by atoms with Crippen molar-refractivity contribution >= 4 is 33.7 Å². The number of aliphatic hydroxyl groups is 1. The van der Waals surface area contributed by atoms with Gasteiger partial charge in [0.25, 0.3) is 0 Å². The average molecular weight is 524 g/mol. The fourth-order valence-corrected chi connectivity index (χ4v) is 4.25. The van der Waals surface area contributed by atoms with Gasteiger partial charge in [-0.2, -0.15) is 4.98 Å². The van der Waals surface area contributed by atoms with Crippen LogP contribution in [0.1, 0.15) is 50.7 Å². The van der Waals surface area contributed by atoms with Crippen molar-refractivity contribution in [2.45, 2.75) is 52.6 Å². The van der Waals surface area contributed by atoms with Crippen LogP contribution >= 0.6 is 0 Å². The maximum Gasteiger partial charge on any atom is 0.222 e. The SMILES string of the molecule is C1CCOC1.CCCCNc1nc(N)nc2c3ccccc3n(Cc3cc(CN)cnc3OC)c12.CCO. The summed E-state index contributed by atoms with van der Waals surface area (Å²) in [5, 5.41) is 12.0. The van der Waals surface area contributed by atoms with Gasteiger partial charge in [0, 0.05) is 50.1 Å². The van der Waals surface area contributed by atoms with Crippen LogP contribution in [0, 0.1) is 0 Å². The van der Waals surface area contributed by atoms with Crippen LogP contribution in [-0.4, -0.2) is 58.1 Å². The van der Waals surface area contributed by atoms with Crippen LogP contribution in [0.4, 0.5) is 11.8 Å². The highest BCUT2D eigenvalue weighted by molar-refractivity contribution is 6.09. The zero-order chi connectivity index (χ0) is 27.3. The molecule has 4 heterocycles. The number of unbranched alkanes of at least 4 members (excludes halogenated alkanes) is 1. The summed E-state index contributed by atoms with van der Waals surface area (Å²) in [6, 6.07) is 10.2. The van der Waals surface area contributed by atoms with Crippen molar-refractivity contribution in [2.24, 2.45) is 5.73 Å². The van der Waals surface area contributed by atoms with E-state index >= 15 is 0 Å². The molecule has 0 saturated carbocycles. The summed E-state index contributed by atoms with van der Waals surface area (Å²) in [7, 11) is 1.63. The van der Waals surface area contributed by atoms with Crippen molar-refractivity contribution < 1.29 is 14.6 Å². The van der Waals surface area contributed by atoms with Crippen LogP contribution in [0.3, 0.4) is 0 Å². The maximum absolute atomic E-state index is 7.57. The number of aromatic nitrogens is 4. The number of nitrogens with two attached hydrogens (primary N) is 2. The van der Waals surface area contributed by atoms with E-state index in [9.17, 15) is 0 Å². The van der Waals surface area contributed by atoms with Gasteiger partial charge in [-0.05, 0) is 43.9 Å². The van der Waals surface area contributed by atoms with E-state index in [1.807, 2.05) is 18.2 Å². The van der Waals surface area contributed by atoms with E-state index in [2.05, 4.69) is 43.9 Å². The number of ether oxygens (including phenoxy) is 2. The Morgan fingerprint density at radius 3 is 2.53 bits per heavy atom. The molecule has 10 heteroatoms. The number of fused-ring (bicyclic) bond motifs is 3. The molecule has 38 heavy (non-hydrogen) atoms. The number of pyridine rings is 1. The number of para-hydroxylation sites is 1. The van der Waals surface area contributed by atoms with Crippen molar-refractivity contribution in [3.63, 3.8) is 0 Å². The topological polar surface area (TPSA) is 146 Å². The number of hydrogen-bond donors (Lipinski definition) is 4. The Morgan fingerprint density at radius 2 is 1.89 bits per heavy atom. The van der Waals surface area contributed by atoms with Crippen LogP contribution < -0.4 is 21.5 Å². The predicted octanol–water partition coefficient (Wildman–Crippen LogP) is 4.08. The number of anilines is 2. The Hall–Kier alpha value is -3.47. The van der Waals surface area contributed by atoms with Crippen molar-refractivity contribution in [1.82, 2.24) is 19.5 Å². The fraction of sp³-hybridized carbons (Fsp3) is 0.464. The van der Waals surface area contributed by atoms with Gasteiger partial charge in [-0.3, -0.25) is 0 Å². The van der Waals surface area contributed by atoms with Gasteiger partial charge in [0.05, 0.1) is 19.2 Å². The van der Waals surface area contributed by atoms with E-state index in [0.29, 0.717) is 19.0 Å². The molecule has 1 aliphatic rings. The van der Waals surface area contributed by atoms with E-state index in [4.69, 9.17) is 26.0 Å². The predicted molar refractivity (Wildman–Crippen MR) is 153 cm³/mol. The Morgan fingerprint density at radius 1 is 1.16 bits per heavy atom. The largest absolute Gasteiger partial charge is 0.481 e. The average Bonchev–Trinajstić information content (AvgIpc) is 3.61. The zero-order valence-electron chi connectivity index (χ0n) is 22.7. The lowest BCUT2D eigenvalue weighted by molar-refractivity contribution is 0.198. The van der Waals surface area contributed by atoms with Crippen molar-refractivity contribution in [2.75, 3.05) is 44.5 Å². The molecule has 10 nitrogen and oxygen atoms in total. The normalized spacial score (nSPS) is 12.6. The third-order valence-corrected chi connectivity index (χ3v) is 6.01. The van der Waals surface area contributed by atoms with Crippen LogP contribution in [0.15, 0.2) is 36.5 Å². The van der Waals surface area contributed by atoms with Crippen LogP contribution in [0.5, 0.6) is 5.88 Å². The van der Waals surface area contributed by atoms with Gasteiger partial charge in [0.1, 0.15) is 11.0 Å². The molecule has 0 bridgehead atoms. The third-order valence-electron chi connectivity index (χ3n) is 6.01. The maximum atomic E-state index is 7.57. The van der Waals surface area contributed by atoms with E-state index in [1.165, 1.54) is 12.8 Å². The molecule has 4 aromatic rings. The second-order valence-electron chi connectivity index (χ2n) is 8.86. The third kappa shape index (κ3) is 7.31. The molecular formula is C28H41N7O3. The molecule has 0 spiro atoms. The highest BCUT2D eigenvalue weighted by atomic mass is 16.5. The van der Waals surface area contributed by atoms with Gasteiger partial charge in [-0.25, -0.2) is 9.97 Å². The molecule has 6 N–H and O–H groups in total. The number of aliphatic hydroxyl groups excluding tert-OH is 1. The molecule has 0 unspecified atom stereocenters. The molecule has 1 aromatic carbocycles. The number of nitrogens with zero attached hydrogens (tertiary/aromatic N) is 4. The number of nitrogens with one attached hydrogen (secondary N) is 1. The van der Waals surface area contributed by atoms with Crippen LogP contribution in [0.25, 0.3) is 21.9 Å². The Bertz CT molecular complexity index is 1280. The molecule has 0 atom stereocenters. The number of benzene rings is 1. The Labute approximate surface area is 224 Å². The second-order valence-corrected chi connectivity index (χ2v) is 8.86. The lowest BCUT2D eigenvalue weighted by Gasteiger charge is -2.14. The van der Waals surface area contributed by atoms with E-state index in [1.54, 1.807) is 20.2 Å². The van der Waals surface area contributed by atoms with Crippen molar-refractivity contribution in [3.05, 3.63) is 47.7 Å². The lowest BCUT2D eigenvalue weighted by Crippen LogP contribution is -2.10. The number of rotatable bonds is 8. The summed E-state index contributed by atoms with van der Waals surface area (Å²) < 4.78 is 12.7. The molecule has 0 radical (unpaired) electrons. The molecule has 0 amide bonds. The molecule has 3 aromatic heterocycles. The van der Waals surface area contributed by atoms with Gasteiger partial charge in [0.15, 0.2) is 5.82 Å². The minimum atomic E-state index is 0.250. The van der Waals surface area contributed by atoms with Crippen LogP contribution in [-0.2, 0) is 17.8 Å². The molecular weight excluding hydrogens is 482 g/mol. The standard InChI is InChI=1S/C22H27N7O.C4H8O.C2H6O/c1-3-4-9-25-20-19-18(27-22(24)28-20)16-7-5-6-8-17(16)29(19)13-15-10-14(11-23)12-26-21(15)30-2;1-2-4-5-3-1;1-2-3/h5-8,10,12H,3-4,9,11,13,23H2,1-2H3,(H3,24,25,27,28);1-4H2;3H,2H2,1H3. The Kier molecular flexibility index (Phi) is 11.5. The second kappa shape index (κ2) is 15.1. The summed E-state index contributed by atoms with van der Waals surface area (Å²) in [4.78, 5) is 13.5. The van der Waals surface area contributed by atoms with Crippen LogP contribution in [0.2, 0.25) is 0 Å². The van der Waals surface area contributed by atoms with Crippen molar-refractivity contribution in [3.8, 4) is 5.88 Å². The van der Waals surface area contributed by atoms with E-state index in [0.717, 1.165) is 71.5 Å². The van der Waals surface area contributed by atoms with Gasteiger partial charge in [0.2, 0.25) is 11.8 Å². The number of nitrogen functional groups attached to an aromatic ring is 1. The minimum absolute atomic E-state index is 0.250. The molecule has 5 rings (SSSR count). The first-order valence-electron chi connectivity index (χ1n) is 13.3. The van der Waals surface area contributed by atoms with E-state index in [-0.39, 0.29) is 12.6 Å². The molecule has 1 saturated heterocycles. The van der Waals surface area contributed by atoms with Gasteiger partial charge in [-0.1, -0.05) is 31.5 Å². The summed E-state index contributed by atoms with van der Waals surface area (Å²) in [6.45, 7) is 7.87. The first-order chi connectivity index (χ1) is 18.6. The first kappa shape index (κ1) is 29.1. The molecule has 0 aliphatic carbocycles. The Balaban J connectivity index is 0.000000433. The zero-order valence-corrected chi connectivity index (χ0v) is 22.7. The highest BCUT2D eigenvalue weighted by Gasteiger charge is 2.19. The van der Waals surface area contributed by atoms with Gasteiger partial charge >= 0.3 is 0 Å². The first-order valence-corrected chi connectivity index (χ1v) is 13.3. The molecule has 1 fully saturated rings. The summed E-state index contributed by atoms with van der Waals surface area (Å²) >= 11 is 0. The lowest BCUT2D eigenvalue weighted by atomic mass is 10.2. The minimum Gasteiger partial charge on any atom is -0.481 e. The quantitative estimate of drug-likeness (QED) is 0.251. The van der Waals surface area contributed by atoms with E-state index < -0.39 is 0 Å². The summed E-state index contributed by atoms with van der Waals surface area (Å²) in [6.07, 6.45) is 6.44.